The summed E-state index contributed by atoms with van der Waals surface area (Å²) in [5.41, 5.74) is 3.32. The van der Waals surface area contributed by atoms with Crippen molar-refractivity contribution in [3.05, 3.63) is 108 Å². The lowest BCUT2D eigenvalue weighted by Crippen LogP contribution is -2.53. The molecule has 0 aliphatic carbocycles. The van der Waals surface area contributed by atoms with Crippen LogP contribution in [0.2, 0.25) is 0 Å². The van der Waals surface area contributed by atoms with Gasteiger partial charge in [-0.05, 0) is 66.9 Å². The molecular formula is C28H29FN3O4+. The molecule has 1 heterocycles. The van der Waals surface area contributed by atoms with E-state index < -0.39 is 16.8 Å². The summed E-state index contributed by atoms with van der Waals surface area (Å²) in [6.45, 7) is 1.51. The highest BCUT2D eigenvalue weighted by Crippen LogP contribution is 2.33. The number of benzene rings is 3. The van der Waals surface area contributed by atoms with Crippen LogP contribution in [0.5, 0.6) is 5.75 Å². The molecule has 0 saturated heterocycles. The van der Waals surface area contributed by atoms with Gasteiger partial charge in [0.1, 0.15) is 18.2 Å². The predicted octanol–water partition coefficient (Wildman–Crippen LogP) is 5.57. The molecular weight excluding hydrogens is 461 g/mol. The maximum absolute atomic E-state index is 13.2. The number of hydrogen-bond donors (Lipinski definition) is 2. The molecule has 4 rings (SSSR count). The number of carbonyl (C=O) groups is 1. The third-order valence-corrected chi connectivity index (χ3v) is 6.20. The molecule has 0 aliphatic heterocycles. The van der Waals surface area contributed by atoms with E-state index >= 15 is 0 Å². The Labute approximate surface area is 209 Å². The minimum Gasteiger partial charge on any atom is -0.487 e. The zero-order valence-corrected chi connectivity index (χ0v) is 20.0. The van der Waals surface area contributed by atoms with Crippen molar-refractivity contribution in [1.82, 2.24) is 4.98 Å². The first-order valence-electron chi connectivity index (χ1n) is 11.7. The second kappa shape index (κ2) is 11.4. The number of fused-ring (bicyclic) bond motifs is 1. The van der Waals surface area contributed by atoms with Crippen LogP contribution in [0, 0.1) is 5.82 Å². The van der Waals surface area contributed by atoms with Crippen LogP contribution in [0.4, 0.5) is 4.39 Å². The number of ether oxygens (including phenoxy) is 1. The van der Waals surface area contributed by atoms with Gasteiger partial charge in [0.2, 0.25) is 0 Å². The predicted molar refractivity (Wildman–Crippen MR) is 133 cm³/mol. The molecule has 0 bridgehead atoms. The molecule has 3 N–H and O–H groups in total. The summed E-state index contributed by atoms with van der Waals surface area (Å²) >= 11 is 0. The first-order chi connectivity index (χ1) is 17.4. The fourth-order valence-corrected chi connectivity index (χ4v) is 4.19. The fourth-order valence-electron chi connectivity index (χ4n) is 4.19. The Morgan fingerprint density at radius 1 is 1.03 bits per heavy atom. The summed E-state index contributed by atoms with van der Waals surface area (Å²) in [7, 11) is 0. The van der Waals surface area contributed by atoms with E-state index in [1.165, 1.54) is 19.1 Å². The number of halogens is 1. The topological polar surface area (TPSA) is 94.7 Å². The molecule has 0 aliphatic rings. The van der Waals surface area contributed by atoms with Gasteiger partial charge in [0.25, 0.3) is 0 Å². The van der Waals surface area contributed by atoms with Crippen LogP contribution in [0.15, 0.2) is 84.9 Å². The third-order valence-electron chi connectivity index (χ3n) is 6.20. The fraction of sp³-hybridized carbons (Fsp3) is 0.214. The summed E-state index contributed by atoms with van der Waals surface area (Å²) in [4.78, 5) is 20.2. The van der Waals surface area contributed by atoms with Crippen LogP contribution in [0.3, 0.4) is 0 Å². The number of nitrogens with zero attached hydrogens (tertiary/aromatic N) is 2. The van der Waals surface area contributed by atoms with Crippen LogP contribution in [-0.2, 0) is 22.8 Å². The van der Waals surface area contributed by atoms with Gasteiger partial charge >= 0.3 is 5.91 Å². The van der Waals surface area contributed by atoms with Crippen molar-refractivity contribution >= 4 is 16.8 Å². The molecule has 2 atom stereocenters. The van der Waals surface area contributed by atoms with Gasteiger partial charge in [-0.1, -0.05) is 41.3 Å². The van der Waals surface area contributed by atoms with E-state index in [9.17, 15) is 14.4 Å². The number of aromatic nitrogens is 1. The second-order valence-electron chi connectivity index (χ2n) is 8.63. The van der Waals surface area contributed by atoms with Crippen molar-refractivity contribution in [2.75, 3.05) is 0 Å². The van der Waals surface area contributed by atoms with Crippen LogP contribution in [0.25, 0.3) is 10.9 Å². The molecule has 0 radical (unpaired) electrons. The lowest BCUT2D eigenvalue weighted by atomic mass is 9.98. The maximum Gasteiger partial charge on any atom is 0.377 e. The summed E-state index contributed by atoms with van der Waals surface area (Å²) in [6, 6.07) is 24.4. The van der Waals surface area contributed by atoms with Gasteiger partial charge in [-0.3, -0.25) is 0 Å². The largest absolute Gasteiger partial charge is 0.487 e. The van der Waals surface area contributed by atoms with Crippen LogP contribution in [-0.4, -0.2) is 20.9 Å². The number of pyridine rings is 1. The molecule has 4 aromatic rings. The summed E-state index contributed by atoms with van der Waals surface area (Å²) in [6.07, 6.45) is 1.64. The molecule has 186 valence electrons. The van der Waals surface area contributed by atoms with Gasteiger partial charge in [-0.25, -0.2) is 14.2 Å². The molecule has 2 unspecified atom stereocenters. The van der Waals surface area contributed by atoms with Crippen molar-refractivity contribution in [2.24, 2.45) is 5.90 Å². The average Bonchev–Trinajstić information content (AvgIpc) is 2.90. The Hall–Kier alpha value is -3.69. The normalized spacial score (nSPS) is 13.8. The molecule has 3 aromatic carbocycles. The third kappa shape index (κ3) is 5.92. The number of rotatable bonds is 10. The highest BCUT2D eigenvalue weighted by molar-refractivity contribution is 5.78. The van der Waals surface area contributed by atoms with E-state index in [2.05, 4.69) is 4.98 Å². The minimum absolute atomic E-state index is 0.296. The minimum atomic E-state index is -1.38. The SMILES string of the molecule is CC(=O)[N+](O)(ON)C(CCCc1ccc(F)cc1)c1ccc(OCc2ccc3ccccc3n2)cc1. The number of nitrogens with two attached hydrogens (primary N) is 1. The van der Waals surface area contributed by atoms with Gasteiger partial charge in [0.05, 0.1) is 18.1 Å². The van der Waals surface area contributed by atoms with Crippen LogP contribution >= 0.6 is 0 Å². The Kier molecular flexibility index (Phi) is 8.02. The molecule has 8 heteroatoms. The number of amides is 1. The maximum atomic E-state index is 13.2. The summed E-state index contributed by atoms with van der Waals surface area (Å²) in [5, 5.41) is 12.0. The van der Waals surface area contributed by atoms with Crippen molar-refractivity contribution in [2.45, 2.75) is 38.8 Å². The van der Waals surface area contributed by atoms with Gasteiger partial charge in [0, 0.05) is 22.2 Å². The van der Waals surface area contributed by atoms with Gasteiger partial charge in [-0.15, -0.1) is 0 Å². The Bertz CT molecular complexity index is 1310. The summed E-state index contributed by atoms with van der Waals surface area (Å²) in [5.74, 6) is 5.03. The molecule has 1 aromatic heterocycles. The van der Waals surface area contributed by atoms with E-state index in [4.69, 9.17) is 15.6 Å². The van der Waals surface area contributed by atoms with Crippen LogP contribution in [0.1, 0.15) is 42.6 Å². The van der Waals surface area contributed by atoms with Crippen molar-refractivity contribution in [3.8, 4) is 5.75 Å². The molecule has 0 saturated carbocycles. The monoisotopic (exact) mass is 490 g/mol. The number of para-hydroxylation sites is 1. The standard InChI is InChI=1S/C28H29FN3O4/c1-20(33)32(34,36-30)28(8-4-5-21-9-14-24(29)15-10-21)23-12-17-26(18-13-23)35-19-25-16-11-22-6-2-3-7-27(22)31-25/h2-3,6-7,9-18,28,34H,4-5,8,19,30H2,1H3/q+1. The zero-order chi connectivity index (χ0) is 25.5. The summed E-state index contributed by atoms with van der Waals surface area (Å²) < 4.78 is 19.1. The number of carbonyl (C=O) groups excluding carboxylic acids is 1. The smallest absolute Gasteiger partial charge is 0.377 e. The number of hydroxylamine groups is 4. The van der Waals surface area contributed by atoms with Gasteiger partial charge in [-0.2, -0.15) is 11.1 Å². The Morgan fingerprint density at radius 2 is 1.75 bits per heavy atom. The van der Waals surface area contributed by atoms with Crippen molar-refractivity contribution < 1.29 is 28.9 Å². The molecule has 36 heavy (non-hydrogen) atoms. The molecule has 7 nitrogen and oxygen atoms in total. The highest BCUT2D eigenvalue weighted by atomic mass is 19.1. The Morgan fingerprint density at radius 3 is 2.44 bits per heavy atom. The van der Waals surface area contributed by atoms with Gasteiger partial charge in [0.15, 0.2) is 6.04 Å². The van der Waals surface area contributed by atoms with Crippen molar-refractivity contribution in [1.29, 1.82) is 0 Å². The van der Waals surface area contributed by atoms with Crippen LogP contribution < -0.4 is 10.6 Å². The first kappa shape index (κ1) is 25.4. The first-order valence-corrected chi connectivity index (χ1v) is 11.7. The van der Waals surface area contributed by atoms with Gasteiger partial charge < -0.3 is 4.74 Å². The van der Waals surface area contributed by atoms with E-state index in [1.807, 2.05) is 36.4 Å². The van der Waals surface area contributed by atoms with E-state index in [-0.39, 0.29) is 5.82 Å². The molecule has 1 amide bonds. The number of quaternary nitrogens is 1. The average molecular weight is 491 g/mol. The lowest BCUT2D eigenvalue weighted by Gasteiger charge is -2.29. The lowest BCUT2D eigenvalue weighted by molar-refractivity contribution is -1.21. The number of aryl methyl sites for hydroxylation is 1. The highest BCUT2D eigenvalue weighted by Gasteiger charge is 2.45. The second-order valence-corrected chi connectivity index (χ2v) is 8.63. The van der Waals surface area contributed by atoms with E-state index in [1.54, 1.807) is 36.4 Å². The molecule has 0 fully saturated rings. The van der Waals surface area contributed by atoms with E-state index in [0.29, 0.717) is 37.2 Å². The Balaban J connectivity index is 1.45. The van der Waals surface area contributed by atoms with E-state index in [0.717, 1.165) is 22.2 Å². The quantitative estimate of drug-likeness (QED) is 0.171. The number of hydrogen-bond acceptors (Lipinski definition) is 6. The van der Waals surface area contributed by atoms with Crippen molar-refractivity contribution in [3.63, 3.8) is 0 Å². The molecule has 0 spiro atoms. The zero-order valence-electron chi connectivity index (χ0n) is 20.0.